The van der Waals surface area contributed by atoms with Crippen LogP contribution in [0.15, 0.2) is 24.3 Å². The fourth-order valence-electron chi connectivity index (χ4n) is 2.60. The van der Waals surface area contributed by atoms with Gasteiger partial charge in [0.2, 0.25) is 0 Å². The Bertz CT molecular complexity index is 343. The standard InChI is InChI=1S/C15H22O2/c1-12-5-4-8-15(9-12)17-11-14(16)10-13-6-2-3-7-13/h4-5,8-9,13-14,16H,2-3,6-7,10-11H2,1H3. The first kappa shape index (κ1) is 12.4. The van der Waals surface area contributed by atoms with Crippen LogP contribution in [-0.2, 0) is 0 Å². The molecule has 94 valence electrons. The number of aliphatic hydroxyl groups excluding tert-OH is 1. The number of benzene rings is 1. The van der Waals surface area contributed by atoms with Crippen LogP contribution in [0.3, 0.4) is 0 Å². The quantitative estimate of drug-likeness (QED) is 0.847. The fraction of sp³-hybridized carbons (Fsp3) is 0.600. The van der Waals surface area contributed by atoms with E-state index in [0.717, 1.165) is 12.2 Å². The summed E-state index contributed by atoms with van der Waals surface area (Å²) < 4.78 is 5.61. The molecule has 0 aromatic heterocycles. The van der Waals surface area contributed by atoms with Crippen molar-refractivity contribution in [3.8, 4) is 5.75 Å². The van der Waals surface area contributed by atoms with E-state index >= 15 is 0 Å². The zero-order valence-electron chi connectivity index (χ0n) is 10.6. The Morgan fingerprint density at radius 3 is 2.82 bits per heavy atom. The Kier molecular flexibility index (Phi) is 4.43. The summed E-state index contributed by atoms with van der Waals surface area (Å²) in [6, 6.07) is 7.97. The molecule has 0 amide bonds. The fourth-order valence-corrected chi connectivity index (χ4v) is 2.60. The summed E-state index contributed by atoms with van der Waals surface area (Å²) in [4.78, 5) is 0. The summed E-state index contributed by atoms with van der Waals surface area (Å²) in [6.07, 6.45) is 5.79. The van der Waals surface area contributed by atoms with Gasteiger partial charge in [0.1, 0.15) is 12.4 Å². The van der Waals surface area contributed by atoms with E-state index < -0.39 is 0 Å². The van der Waals surface area contributed by atoms with Gasteiger partial charge in [-0.25, -0.2) is 0 Å². The summed E-state index contributed by atoms with van der Waals surface area (Å²) in [5.41, 5.74) is 1.19. The van der Waals surface area contributed by atoms with Gasteiger partial charge in [0, 0.05) is 0 Å². The lowest BCUT2D eigenvalue weighted by molar-refractivity contribution is 0.0855. The van der Waals surface area contributed by atoms with Gasteiger partial charge in [-0.05, 0) is 37.0 Å². The Hall–Kier alpha value is -1.02. The van der Waals surface area contributed by atoms with E-state index in [1.807, 2.05) is 31.2 Å². The van der Waals surface area contributed by atoms with Crippen molar-refractivity contribution in [3.63, 3.8) is 0 Å². The molecule has 0 saturated heterocycles. The normalized spacial score (nSPS) is 18.2. The van der Waals surface area contributed by atoms with E-state index in [1.165, 1.54) is 31.2 Å². The SMILES string of the molecule is Cc1cccc(OCC(O)CC2CCCC2)c1. The van der Waals surface area contributed by atoms with Gasteiger partial charge in [0.05, 0.1) is 6.10 Å². The predicted octanol–water partition coefficient (Wildman–Crippen LogP) is 3.32. The van der Waals surface area contributed by atoms with E-state index in [1.54, 1.807) is 0 Å². The minimum absolute atomic E-state index is 0.321. The van der Waals surface area contributed by atoms with Crippen molar-refractivity contribution in [2.75, 3.05) is 6.61 Å². The molecule has 0 radical (unpaired) electrons. The number of ether oxygens (including phenoxy) is 1. The molecule has 0 bridgehead atoms. The molecule has 2 nitrogen and oxygen atoms in total. The molecule has 1 unspecified atom stereocenters. The average molecular weight is 234 g/mol. The van der Waals surface area contributed by atoms with Crippen LogP contribution in [0.25, 0.3) is 0 Å². The number of aryl methyl sites for hydroxylation is 1. The van der Waals surface area contributed by atoms with Gasteiger partial charge in [0.25, 0.3) is 0 Å². The molecule has 1 saturated carbocycles. The molecule has 1 aromatic carbocycles. The highest BCUT2D eigenvalue weighted by Gasteiger charge is 2.19. The van der Waals surface area contributed by atoms with Gasteiger partial charge in [-0.1, -0.05) is 37.8 Å². The summed E-state index contributed by atoms with van der Waals surface area (Å²) in [5, 5.41) is 9.92. The molecule has 17 heavy (non-hydrogen) atoms. The third-order valence-corrected chi connectivity index (χ3v) is 3.51. The van der Waals surface area contributed by atoms with Crippen LogP contribution in [0.5, 0.6) is 5.75 Å². The minimum atomic E-state index is -0.321. The van der Waals surface area contributed by atoms with Crippen LogP contribution in [0.4, 0.5) is 0 Å². The summed E-state index contributed by atoms with van der Waals surface area (Å²) >= 11 is 0. The molecule has 1 aromatic rings. The molecule has 0 aliphatic heterocycles. The second-order valence-electron chi connectivity index (χ2n) is 5.17. The topological polar surface area (TPSA) is 29.5 Å². The van der Waals surface area contributed by atoms with E-state index in [2.05, 4.69) is 0 Å². The maximum absolute atomic E-state index is 9.92. The molecule has 1 fully saturated rings. The van der Waals surface area contributed by atoms with Crippen molar-refractivity contribution < 1.29 is 9.84 Å². The van der Waals surface area contributed by atoms with E-state index in [-0.39, 0.29) is 6.10 Å². The van der Waals surface area contributed by atoms with Crippen LogP contribution in [-0.4, -0.2) is 17.8 Å². The second kappa shape index (κ2) is 6.06. The third-order valence-electron chi connectivity index (χ3n) is 3.51. The number of aliphatic hydroxyl groups is 1. The van der Waals surface area contributed by atoms with Crippen molar-refractivity contribution in [3.05, 3.63) is 29.8 Å². The van der Waals surface area contributed by atoms with Crippen molar-refractivity contribution in [2.24, 2.45) is 5.92 Å². The van der Waals surface area contributed by atoms with Gasteiger partial charge >= 0.3 is 0 Å². The molecular formula is C15H22O2. The smallest absolute Gasteiger partial charge is 0.119 e. The molecule has 0 heterocycles. The highest BCUT2D eigenvalue weighted by atomic mass is 16.5. The molecule has 0 spiro atoms. The maximum Gasteiger partial charge on any atom is 0.119 e. The van der Waals surface area contributed by atoms with Gasteiger partial charge in [0.15, 0.2) is 0 Å². The minimum Gasteiger partial charge on any atom is -0.491 e. The van der Waals surface area contributed by atoms with Gasteiger partial charge < -0.3 is 9.84 Å². The molecular weight excluding hydrogens is 212 g/mol. The van der Waals surface area contributed by atoms with Crippen molar-refractivity contribution in [2.45, 2.75) is 45.1 Å². The third kappa shape index (κ3) is 4.04. The summed E-state index contributed by atoms with van der Waals surface area (Å²) in [5.74, 6) is 1.57. The molecule has 1 aliphatic carbocycles. The van der Waals surface area contributed by atoms with Gasteiger partial charge in [-0.2, -0.15) is 0 Å². The lowest BCUT2D eigenvalue weighted by Crippen LogP contribution is -2.20. The average Bonchev–Trinajstić information content (AvgIpc) is 2.79. The Labute approximate surface area is 104 Å². The van der Waals surface area contributed by atoms with Crippen molar-refractivity contribution >= 4 is 0 Å². The summed E-state index contributed by atoms with van der Waals surface area (Å²) in [7, 11) is 0. The molecule has 2 rings (SSSR count). The Balaban J connectivity index is 1.73. The molecule has 1 aliphatic rings. The molecule has 1 N–H and O–H groups in total. The van der Waals surface area contributed by atoms with E-state index in [4.69, 9.17) is 4.74 Å². The first-order chi connectivity index (χ1) is 8.24. The van der Waals surface area contributed by atoms with Gasteiger partial charge in [-0.3, -0.25) is 0 Å². The second-order valence-corrected chi connectivity index (χ2v) is 5.17. The maximum atomic E-state index is 9.92. The Morgan fingerprint density at radius 1 is 1.35 bits per heavy atom. The number of hydrogen-bond acceptors (Lipinski definition) is 2. The number of hydrogen-bond donors (Lipinski definition) is 1. The molecule has 1 atom stereocenters. The highest BCUT2D eigenvalue weighted by Crippen LogP contribution is 2.28. The first-order valence-electron chi connectivity index (χ1n) is 6.61. The highest BCUT2D eigenvalue weighted by molar-refractivity contribution is 5.27. The predicted molar refractivity (Wildman–Crippen MR) is 69.3 cm³/mol. The van der Waals surface area contributed by atoms with Crippen molar-refractivity contribution in [1.29, 1.82) is 0 Å². The lowest BCUT2D eigenvalue weighted by atomic mass is 10.0. The lowest BCUT2D eigenvalue weighted by Gasteiger charge is -2.16. The van der Waals surface area contributed by atoms with Crippen LogP contribution in [0, 0.1) is 12.8 Å². The summed E-state index contributed by atoms with van der Waals surface area (Å²) in [6.45, 7) is 2.46. The zero-order valence-corrected chi connectivity index (χ0v) is 10.6. The van der Waals surface area contributed by atoms with E-state index in [0.29, 0.717) is 12.5 Å². The molecule has 2 heteroatoms. The Morgan fingerprint density at radius 2 is 2.12 bits per heavy atom. The van der Waals surface area contributed by atoms with Crippen molar-refractivity contribution in [1.82, 2.24) is 0 Å². The monoisotopic (exact) mass is 234 g/mol. The largest absolute Gasteiger partial charge is 0.491 e. The van der Waals surface area contributed by atoms with Crippen LogP contribution >= 0.6 is 0 Å². The van der Waals surface area contributed by atoms with Gasteiger partial charge in [-0.15, -0.1) is 0 Å². The van der Waals surface area contributed by atoms with Crippen LogP contribution < -0.4 is 4.74 Å². The number of rotatable bonds is 5. The van der Waals surface area contributed by atoms with E-state index in [9.17, 15) is 5.11 Å². The first-order valence-corrected chi connectivity index (χ1v) is 6.61. The van der Waals surface area contributed by atoms with Crippen LogP contribution in [0.2, 0.25) is 0 Å². The van der Waals surface area contributed by atoms with Crippen LogP contribution in [0.1, 0.15) is 37.7 Å². The zero-order chi connectivity index (χ0) is 12.1.